The van der Waals surface area contributed by atoms with Crippen LogP contribution in [-0.4, -0.2) is 55.7 Å². The molecular weight excluding hydrogens is 368 g/mol. The van der Waals surface area contributed by atoms with Gasteiger partial charge in [-0.1, -0.05) is 60.7 Å². The van der Waals surface area contributed by atoms with Crippen LogP contribution in [0.4, 0.5) is 0 Å². The van der Waals surface area contributed by atoms with Crippen molar-refractivity contribution in [3.05, 3.63) is 71.8 Å². The second kappa shape index (κ2) is 11.3. The number of carbonyl (C=O) groups is 2. The number of ether oxygens (including phenoxy) is 2. The lowest BCUT2D eigenvalue weighted by Gasteiger charge is -2.28. The molecule has 6 nitrogen and oxygen atoms in total. The molecule has 1 heterocycles. The average Bonchev–Trinajstić information content (AvgIpc) is 2.78. The summed E-state index contributed by atoms with van der Waals surface area (Å²) in [6.07, 6.45) is 0.859. The molecule has 1 aliphatic heterocycles. The Balaban J connectivity index is 1.56. The van der Waals surface area contributed by atoms with E-state index in [-0.39, 0.29) is 18.9 Å². The van der Waals surface area contributed by atoms with Crippen molar-refractivity contribution < 1.29 is 19.1 Å². The number of amides is 1. The fourth-order valence-corrected chi connectivity index (χ4v) is 3.22. The van der Waals surface area contributed by atoms with Gasteiger partial charge in [-0.25, -0.2) is 0 Å². The normalized spacial score (nSPS) is 15.0. The Labute approximate surface area is 171 Å². The number of carbonyl (C=O) groups excluding carboxylic acids is 2. The molecule has 0 radical (unpaired) electrons. The zero-order valence-corrected chi connectivity index (χ0v) is 16.6. The number of nitrogens with zero attached hydrogens (tertiary/aromatic N) is 1. The SMILES string of the molecule is O=C(OCc1ccccc1)[C@@H](CC(=O)N1CCOCC1)NCCc1ccccc1. The second-order valence-electron chi connectivity index (χ2n) is 7.03. The minimum Gasteiger partial charge on any atom is -0.460 e. The van der Waals surface area contributed by atoms with E-state index >= 15 is 0 Å². The number of nitrogens with one attached hydrogen (secondary N) is 1. The van der Waals surface area contributed by atoms with Gasteiger partial charge in [0, 0.05) is 13.1 Å². The highest BCUT2D eigenvalue weighted by atomic mass is 16.5. The minimum absolute atomic E-state index is 0.0535. The molecule has 2 aromatic rings. The van der Waals surface area contributed by atoms with Gasteiger partial charge >= 0.3 is 5.97 Å². The summed E-state index contributed by atoms with van der Waals surface area (Å²) in [7, 11) is 0. The molecule has 3 rings (SSSR count). The summed E-state index contributed by atoms with van der Waals surface area (Å²) in [5.74, 6) is -0.453. The van der Waals surface area contributed by atoms with Crippen LogP contribution >= 0.6 is 0 Å². The summed E-state index contributed by atoms with van der Waals surface area (Å²) in [5, 5.41) is 3.22. The van der Waals surface area contributed by atoms with Crippen molar-refractivity contribution in [2.75, 3.05) is 32.8 Å². The van der Waals surface area contributed by atoms with Gasteiger partial charge in [-0.3, -0.25) is 9.59 Å². The molecule has 1 saturated heterocycles. The van der Waals surface area contributed by atoms with Gasteiger partial charge in [0.05, 0.1) is 19.6 Å². The highest BCUT2D eigenvalue weighted by Gasteiger charge is 2.26. The minimum atomic E-state index is -0.669. The molecule has 0 aromatic heterocycles. The Morgan fingerprint density at radius 2 is 1.59 bits per heavy atom. The monoisotopic (exact) mass is 396 g/mol. The predicted octanol–water partition coefficient (Wildman–Crippen LogP) is 2.18. The van der Waals surface area contributed by atoms with Gasteiger partial charge in [0.2, 0.25) is 5.91 Å². The van der Waals surface area contributed by atoms with Gasteiger partial charge in [-0.15, -0.1) is 0 Å². The quantitative estimate of drug-likeness (QED) is 0.658. The number of hydrogen-bond acceptors (Lipinski definition) is 5. The first-order valence-corrected chi connectivity index (χ1v) is 10.1. The molecule has 1 fully saturated rings. The zero-order chi connectivity index (χ0) is 20.3. The predicted molar refractivity (Wildman–Crippen MR) is 110 cm³/mol. The van der Waals surface area contributed by atoms with Gasteiger partial charge < -0.3 is 19.7 Å². The van der Waals surface area contributed by atoms with E-state index in [1.165, 1.54) is 5.56 Å². The van der Waals surface area contributed by atoms with Crippen LogP contribution in [0.3, 0.4) is 0 Å². The highest BCUT2D eigenvalue weighted by Crippen LogP contribution is 2.08. The molecule has 0 spiro atoms. The first kappa shape index (κ1) is 21.0. The summed E-state index contributed by atoms with van der Waals surface area (Å²) in [6.45, 7) is 2.99. The van der Waals surface area contributed by atoms with Crippen molar-refractivity contribution in [2.45, 2.75) is 25.5 Å². The van der Waals surface area contributed by atoms with Crippen molar-refractivity contribution in [1.29, 1.82) is 0 Å². The number of rotatable bonds is 9. The van der Waals surface area contributed by atoms with E-state index in [1.807, 2.05) is 60.7 Å². The third-order valence-corrected chi connectivity index (χ3v) is 4.90. The fourth-order valence-electron chi connectivity index (χ4n) is 3.22. The van der Waals surface area contributed by atoms with Crippen LogP contribution in [0.25, 0.3) is 0 Å². The lowest BCUT2D eigenvalue weighted by Crippen LogP contribution is -2.46. The van der Waals surface area contributed by atoms with Crippen LogP contribution in [0.1, 0.15) is 17.5 Å². The van der Waals surface area contributed by atoms with Gasteiger partial charge in [0.1, 0.15) is 12.6 Å². The molecule has 2 aromatic carbocycles. The number of morpholine rings is 1. The van der Waals surface area contributed by atoms with Crippen molar-refractivity contribution in [1.82, 2.24) is 10.2 Å². The van der Waals surface area contributed by atoms with Crippen molar-refractivity contribution in [3.63, 3.8) is 0 Å². The first-order chi connectivity index (χ1) is 14.2. The van der Waals surface area contributed by atoms with Gasteiger partial charge in [-0.05, 0) is 24.1 Å². The van der Waals surface area contributed by atoms with Crippen LogP contribution in [0.15, 0.2) is 60.7 Å². The molecule has 0 bridgehead atoms. The number of esters is 1. The van der Waals surface area contributed by atoms with Crippen LogP contribution in [0.2, 0.25) is 0 Å². The van der Waals surface area contributed by atoms with E-state index in [0.717, 1.165) is 12.0 Å². The fraction of sp³-hybridized carbons (Fsp3) is 0.391. The lowest BCUT2D eigenvalue weighted by molar-refractivity contribution is -0.150. The Kier molecular flexibility index (Phi) is 8.22. The van der Waals surface area contributed by atoms with E-state index in [2.05, 4.69) is 5.32 Å². The molecule has 1 atom stereocenters. The maximum atomic E-state index is 12.7. The standard InChI is InChI=1S/C23H28N2O4/c26-22(25-13-15-28-16-14-25)17-21(24-12-11-19-7-3-1-4-8-19)23(27)29-18-20-9-5-2-6-10-20/h1-10,21,24H,11-18H2/t21-/m1/s1. The summed E-state index contributed by atoms with van der Waals surface area (Å²) in [5.41, 5.74) is 2.10. The van der Waals surface area contributed by atoms with Crippen LogP contribution in [0, 0.1) is 0 Å². The van der Waals surface area contributed by atoms with E-state index < -0.39 is 12.0 Å². The Bertz CT molecular complexity index is 761. The Hall–Kier alpha value is -2.70. The molecule has 0 unspecified atom stereocenters. The molecule has 0 aliphatic carbocycles. The Morgan fingerprint density at radius 3 is 2.24 bits per heavy atom. The molecule has 1 amide bonds. The maximum Gasteiger partial charge on any atom is 0.324 e. The van der Waals surface area contributed by atoms with Crippen LogP contribution in [0.5, 0.6) is 0 Å². The number of hydrogen-bond donors (Lipinski definition) is 1. The topological polar surface area (TPSA) is 67.9 Å². The molecular formula is C23H28N2O4. The van der Waals surface area contributed by atoms with Crippen molar-refractivity contribution in [3.8, 4) is 0 Å². The molecule has 1 N–H and O–H groups in total. The van der Waals surface area contributed by atoms with E-state index in [1.54, 1.807) is 4.90 Å². The summed E-state index contributed by atoms with van der Waals surface area (Å²) in [6, 6.07) is 18.9. The summed E-state index contributed by atoms with van der Waals surface area (Å²) < 4.78 is 10.8. The summed E-state index contributed by atoms with van der Waals surface area (Å²) in [4.78, 5) is 27.1. The van der Waals surface area contributed by atoms with Crippen molar-refractivity contribution >= 4 is 11.9 Å². The average molecular weight is 396 g/mol. The largest absolute Gasteiger partial charge is 0.460 e. The number of benzene rings is 2. The van der Waals surface area contributed by atoms with E-state index in [0.29, 0.717) is 32.8 Å². The molecule has 154 valence electrons. The van der Waals surface area contributed by atoms with E-state index in [9.17, 15) is 9.59 Å². The smallest absolute Gasteiger partial charge is 0.324 e. The first-order valence-electron chi connectivity index (χ1n) is 10.1. The second-order valence-corrected chi connectivity index (χ2v) is 7.03. The van der Waals surface area contributed by atoms with Crippen LogP contribution in [-0.2, 0) is 32.1 Å². The van der Waals surface area contributed by atoms with Gasteiger partial charge in [-0.2, -0.15) is 0 Å². The summed E-state index contributed by atoms with van der Waals surface area (Å²) >= 11 is 0. The van der Waals surface area contributed by atoms with Crippen LogP contribution < -0.4 is 5.32 Å². The molecule has 6 heteroatoms. The van der Waals surface area contributed by atoms with Gasteiger partial charge in [0.25, 0.3) is 0 Å². The maximum absolute atomic E-state index is 12.7. The Morgan fingerprint density at radius 1 is 0.966 bits per heavy atom. The lowest BCUT2D eigenvalue weighted by atomic mass is 10.1. The van der Waals surface area contributed by atoms with Gasteiger partial charge in [0.15, 0.2) is 0 Å². The molecule has 0 saturated carbocycles. The third-order valence-electron chi connectivity index (χ3n) is 4.90. The highest BCUT2D eigenvalue weighted by molar-refractivity contribution is 5.85. The molecule has 1 aliphatic rings. The zero-order valence-electron chi connectivity index (χ0n) is 16.6. The van der Waals surface area contributed by atoms with Crippen molar-refractivity contribution in [2.24, 2.45) is 0 Å². The van der Waals surface area contributed by atoms with E-state index in [4.69, 9.17) is 9.47 Å². The molecule has 29 heavy (non-hydrogen) atoms. The third kappa shape index (κ3) is 7.00.